The van der Waals surface area contributed by atoms with E-state index in [9.17, 15) is 9.59 Å². The molecule has 0 unspecified atom stereocenters. The summed E-state index contributed by atoms with van der Waals surface area (Å²) < 4.78 is 5.38. The second-order valence-electron chi connectivity index (χ2n) is 7.06. The number of carbonyl (C=O) groups is 2. The Labute approximate surface area is 175 Å². The van der Waals surface area contributed by atoms with E-state index in [-0.39, 0.29) is 24.7 Å². The lowest BCUT2D eigenvalue weighted by Gasteiger charge is -2.09. The molecule has 3 aromatic rings. The van der Waals surface area contributed by atoms with Crippen molar-refractivity contribution in [2.45, 2.75) is 26.7 Å². The first kappa shape index (κ1) is 21.0. The standard InChI is InChI=1S/C24H25N3O3/c1-16-8-9-17(2)21(14-16)26-23(28)12-13-24(29)27-25-15-18-10-11-22(30-3)20-7-5-4-6-19(18)20/h4-11,14-15H,12-13H2,1-3H3,(H,26,28)(H,27,29). The van der Waals surface area contributed by atoms with E-state index < -0.39 is 0 Å². The van der Waals surface area contributed by atoms with Crippen LogP contribution in [0.2, 0.25) is 0 Å². The number of amides is 2. The average Bonchev–Trinajstić information content (AvgIpc) is 2.75. The van der Waals surface area contributed by atoms with Gasteiger partial charge in [-0.15, -0.1) is 0 Å². The van der Waals surface area contributed by atoms with Gasteiger partial charge in [0, 0.05) is 29.5 Å². The van der Waals surface area contributed by atoms with Gasteiger partial charge in [-0.3, -0.25) is 9.59 Å². The summed E-state index contributed by atoms with van der Waals surface area (Å²) in [4.78, 5) is 24.2. The molecular formula is C24H25N3O3. The highest BCUT2D eigenvalue weighted by Gasteiger charge is 2.09. The smallest absolute Gasteiger partial charge is 0.240 e. The number of nitrogens with zero attached hydrogens (tertiary/aromatic N) is 1. The molecular weight excluding hydrogens is 378 g/mol. The second kappa shape index (κ2) is 9.69. The van der Waals surface area contributed by atoms with Crippen LogP contribution in [-0.2, 0) is 9.59 Å². The molecule has 3 rings (SSSR count). The monoisotopic (exact) mass is 403 g/mol. The van der Waals surface area contributed by atoms with E-state index in [1.165, 1.54) is 0 Å². The van der Waals surface area contributed by atoms with Crippen molar-refractivity contribution in [1.29, 1.82) is 0 Å². The Bertz CT molecular complexity index is 1110. The summed E-state index contributed by atoms with van der Waals surface area (Å²) in [5.41, 5.74) is 6.16. The Morgan fingerprint density at radius 1 is 0.967 bits per heavy atom. The highest BCUT2D eigenvalue weighted by molar-refractivity contribution is 6.02. The van der Waals surface area contributed by atoms with Gasteiger partial charge in [0.15, 0.2) is 0 Å². The van der Waals surface area contributed by atoms with Gasteiger partial charge in [0.2, 0.25) is 11.8 Å². The molecule has 0 heterocycles. The van der Waals surface area contributed by atoms with Crippen LogP contribution in [0.3, 0.4) is 0 Å². The Balaban J connectivity index is 1.55. The number of anilines is 1. The number of rotatable bonds is 7. The molecule has 0 bridgehead atoms. The van der Waals surface area contributed by atoms with Gasteiger partial charge >= 0.3 is 0 Å². The van der Waals surface area contributed by atoms with E-state index in [1.807, 2.05) is 68.4 Å². The molecule has 0 fully saturated rings. The average molecular weight is 403 g/mol. The van der Waals surface area contributed by atoms with E-state index in [2.05, 4.69) is 15.8 Å². The maximum absolute atomic E-state index is 12.1. The first-order chi connectivity index (χ1) is 14.5. The third-order valence-corrected chi connectivity index (χ3v) is 4.78. The number of ether oxygens (including phenoxy) is 1. The summed E-state index contributed by atoms with van der Waals surface area (Å²) in [6, 6.07) is 17.4. The Morgan fingerprint density at radius 2 is 1.70 bits per heavy atom. The van der Waals surface area contributed by atoms with Crippen molar-refractivity contribution < 1.29 is 14.3 Å². The van der Waals surface area contributed by atoms with Gasteiger partial charge in [0.05, 0.1) is 13.3 Å². The minimum atomic E-state index is -0.319. The number of hydrazone groups is 1. The molecule has 0 saturated carbocycles. The molecule has 30 heavy (non-hydrogen) atoms. The van der Waals surface area contributed by atoms with Crippen LogP contribution in [0.5, 0.6) is 5.75 Å². The van der Waals surface area contributed by atoms with Crippen LogP contribution in [0.1, 0.15) is 29.5 Å². The Hall–Kier alpha value is -3.67. The summed E-state index contributed by atoms with van der Waals surface area (Å²) in [5.74, 6) is 0.255. The van der Waals surface area contributed by atoms with E-state index in [0.29, 0.717) is 0 Å². The fourth-order valence-electron chi connectivity index (χ4n) is 3.13. The highest BCUT2D eigenvalue weighted by atomic mass is 16.5. The van der Waals surface area contributed by atoms with E-state index in [4.69, 9.17) is 4.74 Å². The van der Waals surface area contributed by atoms with E-state index >= 15 is 0 Å². The van der Waals surface area contributed by atoms with Crippen molar-refractivity contribution in [2.75, 3.05) is 12.4 Å². The van der Waals surface area contributed by atoms with Crippen LogP contribution in [0.25, 0.3) is 10.8 Å². The van der Waals surface area contributed by atoms with Gasteiger partial charge in [0.1, 0.15) is 5.75 Å². The summed E-state index contributed by atoms with van der Waals surface area (Å²) in [6.45, 7) is 3.89. The lowest BCUT2D eigenvalue weighted by atomic mass is 10.0. The summed E-state index contributed by atoms with van der Waals surface area (Å²) in [6.07, 6.45) is 1.73. The van der Waals surface area contributed by atoms with Crippen molar-refractivity contribution in [1.82, 2.24) is 5.43 Å². The molecule has 154 valence electrons. The van der Waals surface area contributed by atoms with Crippen LogP contribution < -0.4 is 15.5 Å². The minimum Gasteiger partial charge on any atom is -0.496 e. The lowest BCUT2D eigenvalue weighted by Crippen LogP contribution is -2.21. The predicted molar refractivity (Wildman–Crippen MR) is 120 cm³/mol. The zero-order valence-corrected chi connectivity index (χ0v) is 17.4. The molecule has 0 saturated heterocycles. The highest BCUT2D eigenvalue weighted by Crippen LogP contribution is 2.27. The largest absolute Gasteiger partial charge is 0.496 e. The quantitative estimate of drug-likeness (QED) is 0.455. The molecule has 0 spiro atoms. The van der Waals surface area contributed by atoms with Gasteiger partial charge in [0.25, 0.3) is 0 Å². The molecule has 0 aliphatic rings. The number of carbonyl (C=O) groups excluding carboxylic acids is 2. The maximum Gasteiger partial charge on any atom is 0.240 e. The Kier molecular flexibility index (Phi) is 6.80. The van der Waals surface area contributed by atoms with Crippen LogP contribution in [0.15, 0.2) is 59.7 Å². The molecule has 0 aliphatic carbocycles. The molecule has 0 radical (unpaired) electrons. The van der Waals surface area contributed by atoms with Crippen molar-refractivity contribution >= 4 is 34.5 Å². The number of benzene rings is 3. The van der Waals surface area contributed by atoms with Gasteiger partial charge in [-0.1, -0.05) is 36.4 Å². The zero-order valence-electron chi connectivity index (χ0n) is 17.4. The van der Waals surface area contributed by atoms with Crippen LogP contribution in [-0.4, -0.2) is 25.1 Å². The lowest BCUT2D eigenvalue weighted by molar-refractivity contribution is -0.124. The van der Waals surface area contributed by atoms with Crippen LogP contribution >= 0.6 is 0 Å². The SMILES string of the molecule is COc1ccc(C=NNC(=O)CCC(=O)Nc2cc(C)ccc2C)c2ccccc12. The molecule has 6 nitrogen and oxygen atoms in total. The fourth-order valence-corrected chi connectivity index (χ4v) is 3.13. The normalized spacial score (nSPS) is 10.9. The third-order valence-electron chi connectivity index (χ3n) is 4.78. The topological polar surface area (TPSA) is 79.8 Å². The fraction of sp³-hybridized carbons (Fsp3) is 0.208. The van der Waals surface area contributed by atoms with Gasteiger partial charge in [-0.05, 0) is 48.6 Å². The van der Waals surface area contributed by atoms with E-state index in [1.54, 1.807) is 13.3 Å². The number of nitrogens with one attached hydrogen (secondary N) is 2. The number of fused-ring (bicyclic) bond motifs is 1. The summed E-state index contributed by atoms with van der Waals surface area (Å²) >= 11 is 0. The molecule has 0 aliphatic heterocycles. The van der Waals surface area contributed by atoms with Crippen LogP contribution in [0.4, 0.5) is 5.69 Å². The van der Waals surface area contributed by atoms with Crippen molar-refractivity contribution in [2.24, 2.45) is 5.10 Å². The summed E-state index contributed by atoms with van der Waals surface area (Å²) in [5, 5.41) is 8.83. The molecule has 3 aromatic carbocycles. The van der Waals surface area contributed by atoms with E-state index in [0.717, 1.165) is 38.9 Å². The van der Waals surface area contributed by atoms with Crippen LogP contribution in [0, 0.1) is 13.8 Å². The number of hydrogen-bond donors (Lipinski definition) is 2. The third kappa shape index (κ3) is 5.23. The van der Waals surface area contributed by atoms with Gasteiger partial charge in [-0.25, -0.2) is 5.43 Å². The number of hydrogen-bond acceptors (Lipinski definition) is 4. The summed E-state index contributed by atoms with van der Waals surface area (Å²) in [7, 11) is 1.63. The number of methoxy groups -OCH3 is 1. The van der Waals surface area contributed by atoms with Gasteiger partial charge < -0.3 is 10.1 Å². The molecule has 2 amide bonds. The van der Waals surface area contributed by atoms with Crippen molar-refractivity contribution in [3.05, 3.63) is 71.3 Å². The first-order valence-electron chi connectivity index (χ1n) is 9.72. The first-order valence-corrected chi connectivity index (χ1v) is 9.72. The molecule has 0 aromatic heterocycles. The molecule has 2 N–H and O–H groups in total. The van der Waals surface area contributed by atoms with Crippen molar-refractivity contribution in [3.63, 3.8) is 0 Å². The van der Waals surface area contributed by atoms with Gasteiger partial charge in [-0.2, -0.15) is 5.10 Å². The predicted octanol–water partition coefficient (Wildman–Crippen LogP) is 4.33. The molecule has 6 heteroatoms. The number of aryl methyl sites for hydroxylation is 2. The zero-order chi connectivity index (χ0) is 21.5. The molecule has 0 atom stereocenters. The maximum atomic E-state index is 12.1. The second-order valence-corrected chi connectivity index (χ2v) is 7.06. The van der Waals surface area contributed by atoms with Crippen molar-refractivity contribution in [3.8, 4) is 5.75 Å². The Morgan fingerprint density at radius 3 is 2.47 bits per heavy atom. The minimum absolute atomic E-state index is 0.0530.